The largest absolute Gasteiger partial charge is 0.478 e. The van der Waals surface area contributed by atoms with Crippen LogP contribution < -0.4 is 4.74 Å². The van der Waals surface area contributed by atoms with Gasteiger partial charge in [0.05, 0.1) is 12.2 Å². The van der Waals surface area contributed by atoms with Crippen LogP contribution in [-0.2, 0) is 17.8 Å². The van der Waals surface area contributed by atoms with E-state index >= 15 is 0 Å². The molecule has 0 atom stereocenters. The van der Waals surface area contributed by atoms with Gasteiger partial charge in [0.2, 0.25) is 0 Å². The van der Waals surface area contributed by atoms with Crippen molar-refractivity contribution >= 4 is 17.5 Å². The van der Waals surface area contributed by atoms with Crippen molar-refractivity contribution in [3.8, 4) is 17.1 Å². The van der Waals surface area contributed by atoms with Gasteiger partial charge in [-0.25, -0.2) is 4.39 Å². The van der Waals surface area contributed by atoms with Crippen LogP contribution >= 0.6 is 11.6 Å². The zero-order valence-corrected chi connectivity index (χ0v) is 16.9. The van der Waals surface area contributed by atoms with Gasteiger partial charge in [-0.3, -0.25) is 4.79 Å². The molecule has 0 bridgehead atoms. The molecule has 0 saturated carbocycles. The van der Waals surface area contributed by atoms with Crippen molar-refractivity contribution in [2.75, 3.05) is 6.54 Å². The van der Waals surface area contributed by atoms with Gasteiger partial charge in [-0.15, -0.1) is 0 Å². The molecule has 1 aliphatic heterocycles. The van der Waals surface area contributed by atoms with Crippen LogP contribution in [0.3, 0.4) is 0 Å². The zero-order chi connectivity index (χ0) is 20.6. The monoisotopic (exact) mass is 414 g/mol. The molecule has 0 fully saturated rings. The van der Waals surface area contributed by atoms with Gasteiger partial charge < -0.3 is 14.2 Å². The van der Waals surface area contributed by atoms with E-state index in [9.17, 15) is 9.18 Å². The van der Waals surface area contributed by atoms with Crippen molar-refractivity contribution in [3.05, 3.63) is 70.6 Å². The smallest absolute Gasteiger partial charge is 0.266 e. The molecular formula is C22H20ClFN2O3. The van der Waals surface area contributed by atoms with Crippen molar-refractivity contribution in [1.82, 2.24) is 10.1 Å². The molecule has 29 heavy (non-hydrogen) atoms. The fraction of sp³-hybridized carbons (Fsp3) is 0.273. The lowest BCUT2D eigenvalue weighted by Crippen LogP contribution is -2.50. The molecule has 4 rings (SSSR count). The first-order valence-corrected chi connectivity index (χ1v) is 9.68. The highest BCUT2D eigenvalue weighted by molar-refractivity contribution is 6.30. The lowest BCUT2D eigenvalue weighted by molar-refractivity contribution is -0.146. The molecule has 7 heteroatoms. The third-order valence-corrected chi connectivity index (χ3v) is 5.18. The summed E-state index contributed by atoms with van der Waals surface area (Å²) in [7, 11) is 0. The first kappa shape index (κ1) is 19.5. The average molecular weight is 415 g/mol. The Morgan fingerprint density at radius 3 is 2.55 bits per heavy atom. The van der Waals surface area contributed by atoms with Crippen LogP contribution in [0.2, 0.25) is 5.02 Å². The molecular weight excluding hydrogens is 395 g/mol. The summed E-state index contributed by atoms with van der Waals surface area (Å²) in [6.07, 6.45) is 0.586. The van der Waals surface area contributed by atoms with E-state index in [0.717, 1.165) is 16.8 Å². The van der Waals surface area contributed by atoms with E-state index in [-0.39, 0.29) is 11.7 Å². The molecule has 0 N–H and O–H groups in total. The summed E-state index contributed by atoms with van der Waals surface area (Å²) >= 11 is 5.91. The van der Waals surface area contributed by atoms with Crippen molar-refractivity contribution in [3.63, 3.8) is 0 Å². The van der Waals surface area contributed by atoms with Crippen molar-refractivity contribution in [2.45, 2.75) is 32.4 Å². The van der Waals surface area contributed by atoms with Gasteiger partial charge in [0.1, 0.15) is 11.6 Å². The van der Waals surface area contributed by atoms with Gasteiger partial charge in [0.15, 0.2) is 11.4 Å². The van der Waals surface area contributed by atoms with Crippen LogP contribution in [0.5, 0.6) is 5.75 Å². The topological polar surface area (TPSA) is 55.6 Å². The van der Waals surface area contributed by atoms with Gasteiger partial charge >= 0.3 is 0 Å². The van der Waals surface area contributed by atoms with Crippen LogP contribution in [0, 0.1) is 5.82 Å². The quantitative estimate of drug-likeness (QED) is 0.610. The normalized spacial score (nSPS) is 13.9. The molecule has 2 aromatic carbocycles. The Balaban J connectivity index is 1.54. The van der Waals surface area contributed by atoms with Crippen LogP contribution in [0.25, 0.3) is 11.3 Å². The van der Waals surface area contributed by atoms with Gasteiger partial charge in [0.25, 0.3) is 5.91 Å². The lowest BCUT2D eigenvalue weighted by atomic mass is 9.99. The minimum atomic E-state index is -1.06. The summed E-state index contributed by atoms with van der Waals surface area (Å²) in [4.78, 5) is 14.9. The molecule has 0 aliphatic carbocycles. The van der Waals surface area contributed by atoms with E-state index in [1.54, 1.807) is 55.1 Å². The summed E-state index contributed by atoms with van der Waals surface area (Å²) in [6.45, 7) is 4.37. The highest BCUT2D eigenvalue weighted by Gasteiger charge is 2.37. The number of fused-ring (bicyclic) bond motifs is 1. The molecule has 1 aliphatic rings. The fourth-order valence-electron chi connectivity index (χ4n) is 3.44. The summed E-state index contributed by atoms with van der Waals surface area (Å²) in [5, 5.41) is 4.74. The standard InChI is InChI=1S/C22H20ClFN2O3/c1-22(2,28-17-9-5-15(23)6-10-17)21(27)26-12-11-19-18(13-26)20(29-25-19)14-3-7-16(24)8-4-14/h3-10H,11-13H2,1-2H3. The minimum absolute atomic E-state index is 0.135. The van der Waals surface area contributed by atoms with E-state index in [2.05, 4.69) is 5.16 Å². The van der Waals surface area contributed by atoms with E-state index in [4.69, 9.17) is 20.9 Å². The van der Waals surface area contributed by atoms with Gasteiger partial charge in [-0.1, -0.05) is 16.8 Å². The first-order valence-electron chi connectivity index (χ1n) is 9.31. The molecule has 1 amide bonds. The maximum atomic E-state index is 13.2. The van der Waals surface area contributed by atoms with E-state index in [1.165, 1.54) is 12.1 Å². The molecule has 0 saturated heterocycles. The Morgan fingerprint density at radius 2 is 1.86 bits per heavy atom. The Labute approximate surface area is 173 Å². The zero-order valence-electron chi connectivity index (χ0n) is 16.1. The maximum Gasteiger partial charge on any atom is 0.266 e. The van der Waals surface area contributed by atoms with Crippen LogP contribution in [0.4, 0.5) is 4.39 Å². The molecule has 0 spiro atoms. The Morgan fingerprint density at radius 1 is 1.17 bits per heavy atom. The third kappa shape index (κ3) is 3.98. The van der Waals surface area contributed by atoms with E-state index in [1.807, 2.05) is 0 Å². The number of carbonyl (C=O) groups is 1. The molecule has 3 aromatic rings. The van der Waals surface area contributed by atoms with E-state index < -0.39 is 5.60 Å². The number of hydrogen-bond acceptors (Lipinski definition) is 4. The number of halogens is 2. The Bertz CT molecular complexity index is 1030. The van der Waals surface area contributed by atoms with Crippen LogP contribution in [0.1, 0.15) is 25.1 Å². The molecule has 150 valence electrons. The SMILES string of the molecule is CC(C)(Oc1ccc(Cl)cc1)C(=O)N1CCc2noc(-c3ccc(F)cc3)c2C1. The van der Waals surface area contributed by atoms with Crippen molar-refractivity contribution in [1.29, 1.82) is 0 Å². The second-order valence-corrected chi connectivity index (χ2v) is 7.92. The Hall–Kier alpha value is -2.86. The number of rotatable bonds is 4. The molecule has 0 radical (unpaired) electrons. The van der Waals surface area contributed by atoms with Crippen molar-refractivity contribution in [2.24, 2.45) is 0 Å². The fourth-order valence-corrected chi connectivity index (χ4v) is 3.56. The van der Waals surface area contributed by atoms with Crippen LogP contribution in [0.15, 0.2) is 53.1 Å². The lowest BCUT2D eigenvalue weighted by Gasteiger charge is -2.34. The number of aromatic nitrogens is 1. The summed E-state index contributed by atoms with van der Waals surface area (Å²) in [5.74, 6) is 0.681. The number of hydrogen-bond donors (Lipinski definition) is 0. The van der Waals surface area contributed by atoms with Crippen molar-refractivity contribution < 1.29 is 18.4 Å². The highest BCUT2D eigenvalue weighted by Crippen LogP contribution is 2.32. The predicted octanol–water partition coefficient (Wildman–Crippen LogP) is 4.88. The van der Waals surface area contributed by atoms with Gasteiger partial charge in [0, 0.05) is 29.1 Å². The summed E-state index contributed by atoms with van der Waals surface area (Å²) in [5.41, 5.74) is 1.34. The maximum absolute atomic E-state index is 13.2. The average Bonchev–Trinajstić information content (AvgIpc) is 3.13. The molecule has 1 aromatic heterocycles. The summed E-state index contributed by atoms with van der Waals surface area (Å²) in [6, 6.07) is 12.9. The number of benzene rings is 2. The van der Waals surface area contributed by atoms with Crippen LogP contribution in [-0.4, -0.2) is 28.1 Å². The predicted molar refractivity (Wildman–Crippen MR) is 107 cm³/mol. The van der Waals surface area contributed by atoms with E-state index in [0.29, 0.717) is 36.0 Å². The van der Waals surface area contributed by atoms with Gasteiger partial charge in [-0.2, -0.15) is 0 Å². The summed E-state index contributed by atoms with van der Waals surface area (Å²) < 4.78 is 24.7. The molecule has 0 unspecified atom stereocenters. The minimum Gasteiger partial charge on any atom is -0.478 e. The first-order chi connectivity index (χ1) is 13.8. The number of carbonyl (C=O) groups excluding carboxylic acids is 1. The Kier molecular flexibility index (Phi) is 5.04. The number of nitrogens with zero attached hydrogens (tertiary/aromatic N) is 2. The third-order valence-electron chi connectivity index (χ3n) is 4.93. The molecule has 2 heterocycles. The number of ether oxygens (including phenoxy) is 1. The molecule has 5 nitrogen and oxygen atoms in total. The second kappa shape index (κ2) is 7.52. The second-order valence-electron chi connectivity index (χ2n) is 7.49. The van der Waals surface area contributed by atoms with Gasteiger partial charge in [-0.05, 0) is 62.4 Å². The number of amides is 1. The highest BCUT2D eigenvalue weighted by atomic mass is 35.5.